The summed E-state index contributed by atoms with van der Waals surface area (Å²) >= 11 is 0. The Hall–Kier alpha value is -2.69. The zero-order valence-corrected chi connectivity index (χ0v) is 41.4. The number of hydrogen-bond acceptors (Lipinski definition) is 10. The molecule has 0 radical (unpaired) electrons. The normalized spacial score (nSPS) is 13.0. The van der Waals surface area contributed by atoms with Gasteiger partial charge in [0, 0.05) is 31.3 Å². The Morgan fingerprint density at radius 3 is 1.32 bits per heavy atom. The number of rotatable bonds is 43. The molecule has 0 saturated carbocycles. The van der Waals surface area contributed by atoms with Crippen molar-refractivity contribution in [1.82, 2.24) is 10.2 Å². The van der Waals surface area contributed by atoms with Crippen molar-refractivity contribution < 1.29 is 42.9 Å². The molecule has 0 saturated heterocycles. The van der Waals surface area contributed by atoms with Crippen LogP contribution in [0, 0.1) is 17.3 Å². The molecule has 11 nitrogen and oxygen atoms in total. The summed E-state index contributed by atoms with van der Waals surface area (Å²) in [6, 6.07) is 0. The second kappa shape index (κ2) is 39.9. The molecule has 0 spiro atoms. The lowest BCUT2D eigenvalue weighted by Crippen LogP contribution is -2.49. The molecule has 62 heavy (non-hydrogen) atoms. The molecule has 0 aliphatic heterocycles. The molecular formula is C51H96N2O9. The Kier molecular flexibility index (Phi) is 38.1. The van der Waals surface area contributed by atoms with Gasteiger partial charge in [0.25, 0.3) is 5.91 Å². The molecule has 2 unspecified atom stereocenters. The van der Waals surface area contributed by atoms with Crippen LogP contribution in [-0.4, -0.2) is 87.8 Å². The van der Waals surface area contributed by atoms with Gasteiger partial charge in [-0.3, -0.25) is 24.0 Å². The van der Waals surface area contributed by atoms with Crippen LogP contribution in [0.5, 0.6) is 0 Å². The maximum atomic E-state index is 13.6. The molecule has 0 fully saturated rings. The van der Waals surface area contributed by atoms with Crippen molar-refractivity contribution in [3.8, 4) is 0 Å². The van der Waals surface area contributed by atoms with Crippen LogP contribution in [0.3, 0.4) is 0 Å². The molecule has 0 bridgehead atoms. The van der Waals surface area contributed by atoms with Gasteiger partial charge in [0.15, 0.2) is 6.10 Å². The molecule has 0 rings (SSSR count). The molecule has 364 valence electrons. The molecule has 0 heterocycles. The lowest BCUT2D eigenvalue weighted by molar-refractivity contribution is -0.169. The highest BCUT2D eigenvalue weighted by molar-refractivity contribution is 5.85. The Balaban J connectivity index is 5.30. The summed E-state index contributed by atoms with van der Waals surface area (Å²) in [4.78, 5) is 66.8. The smallest absolute Gasteiger partial charge is 0.307 e. The molecule has 1 amide bonds. The minimum Gasteiger partial charge on any atom is -0.465 e. The zero-order chi connectivity index (χ0) is 46.3. The van der Waals surface area contributed by atoms with Gasteiger partial charge >= 0.3 is 23.9 Å². The van der Waals surface area contributed by atoms with E-state index in [-0.39, 0.29) is 57.2 Å². The largest absolute Gasteiger partial charge is 0.465 e. The van der Waals surface area contributed by atoms with Gasteiger partial charge in [0.05, 0.1) is 26.1 Å². The summed E-state index contributed by atoms with van der Waals surface area (Å²) in [5.41, 5.74) is -1.09. The van der Waals surface area contributed by atoms with Crippen LogP contribution in [-0.2, 0) is 42.9 Å². The van der Waals surface area contributed by atoms with Crippen LogP contribution < -0.4 is 5.32 Å². The topological polar surface area (TPSA) is 138 Å². The number of esters is 4. The van der Waals surface area contributed by atoms with Crippen LogP contribution >= 0.6 is 0 Å². The van der Waals surface area contributed by atoms with Crippen LogP contribution in [0.15, 0.2) is 0 Å². The van der Waals surface area contributed by atoms with E-state index in [0.717, 1.165) is 51.4 Å². The van der Waals surface area contributed by atoms with Crippen LogP contribution in [0.2, 0.25) is 0 Å². The number of carbonyl (C=O) groups excluding carboxylic acids is 5. The van der Waals surface area contributed by atoms with Gasteiger partial charge in [-0.1, -0.05) is 170 Å². The minimum absolute atomic E-state index is 0.00725. The first-order valence-corrected chi connectivity index (χ1v) is 25.4. The van der Waals surface area contributed by atoms with Gasteiger partial charge in [-0.2, -0.15) is 0 Å². The first-order chi connectivity index (χ1) is 29.8. The van der Waals surface area contributed by atoms with Gasteiger partial charge in [0.1, 0.15) is 6.61 Å². The van der Waals surface area contributed by atoms with Crippen LogP contribution in [0.4, 0.5) is 0 Å². The molecule has 0 aliphatic carbocycles. The first-order valence-electron chi connectivity index (χ1n) is 25.4. The Morgan fingerprint density at radius 2 is 0.871 bits per heavy atom. The van der Waals surface area contributed by atoms with E-state index in [1.807, 2.05) is 19.0 Å². The number of hydrogen-bond donors (Lipinski definition) is 1. The number of nitrogens with zero attached hydrogens (tertiary/aromatic N) is 1. The van der Waals surface area contributed by atoms with Crippen molar-refractivity contribution in [2.45, 2.75) is 234 Å². The van der Waals surface area contributed by atoms with E-state index in [4.69, 9.17) is 18.9 Å². The summed E-state index contributed by atoms with van der Waals surface area (Å²) in [6.07, 6.45) is 27.5. The fraction of sp³-hybridized carbons (Fsp3) is 0.902. The van der Waals surface area contributed by atoms with Crippen molar-refractivity contribution in [2.24, 2.45) is 17.3 Å². The third-order valence-electron chi connectivity index (χ3n) is 11.8. The number of nitrogens with one attached hydrogen (secondary N) is 1. The van der Waals surface area contributed by atoms with Gasteiger partial charge in [-0.25, -0.2) is 0 Å². The monoisotopic (exact) mass is 881 g/mol. The highest BCUT2D eigenvalue weighted by Gasteiger charge is 2.40. The SMILES string of the molecule is CCCCCCCCC(CCCCCC)COC(=O)CCCC(=O)O[C@@H](C(=O)NCCC(=O)OCC(CCCCCC)CCCCCCCC)C(C)(C)COC(=O)CCN(C)C. The van der Waals surface area contributed by atoms with Crippen molar-refractivity contribution in [3.63, 3.8) is 0 Å². The van der Waals surface area contributed by atoms with E-state index >= 15 is 0 Å². The molecule has 11 heteroatoms. The van der Waals surface area contributed by atoms with E-state index in [0.29, 0.717) is 31.6 Å². The van der Waals surface area contributed by atoms with Gasteiger partial charge in [-0.15, -0.1) is 0 Å². The number of ether oxygens (including phenoxy) is 4. The number of carbonyl (C=O) groups is 5. The Bertz CT molecular complexity index is 1140. The maximum Gasteiger partial charge on any atom is 0.307 e. The number of amides is 1. The third-order valence-corrected chi connectivity index (χ3v) is 11.8. The summed E-state index contributed by atoms with van der Waals surface area (Å²) in [5, 5.41) is 2.76. The van der Waals surface area contributed by atoms with E-state index < -0.39 is 29.4 Å². The van der Waals surface area contributed by atoms with E-state index in [9.17, 15) is 24.0 Å². The molecule has 0 aromatic rings. The van der Waals surface area contributed by atoms with Crippen LogP contribution in [0.25, 0.3) is 0 Å². The standard InChI is InChI=1S/C51H96N2O9/c1-9-13-17-21-23-27-32-43(30-25-19-15-11-3)40-59-45(54)34-29-35-48(57)62-49(51(5,6)42-61-47(56)37-39-53(7)8)50(58)52-38-36-46(55)60-41-44(31-26-20-16-12-4)33-28-24-22-18-14-10-2/h43-44,49H,9-42H2,1-8H3,(H,52,58)/t43?,44?,49-/m0/s1. The summed E-state index contributed by atoms with van der Waals surface area (Å²) < 4.78 is 22.7. The molecule has 0 aromatic carbocycles. The zero-order valence-electron chi connectivity index (χ0n) is 41.4. The molecule has 1 N–H and O–H groups in total. The Morgan fingerprint density at radius 1 is 0.484 bits per heavy atom. The van der Waals surface area contributed by atoms with Gasteiger partial charge in [-0.05, 0) is 58.0 Å². The lowest BCUT2D eigenvalue weighted by atomic mass is 9.86. The molecule has 0 aromatic heterocycles. The quantitative estimate of drug-likeness (QED) is 0.0358. The summed E-state index contributed by atoms with van der Waals surface area (Å²) in [7, 11) is 3.72. The van der Waals surface area contributed by atoms with Gasteiger partial charge < -0.3 is 29.2 Å². The van der Waals surface area contributed by atoms with E-state index in [1.54, 1.807) is 13.8 Å². The van der Waals surface area contributed by atoms with E-state index in [1.165, 1.54) is 103 Å². The fourth-order valence-corrected chi connectivity index (χ4v) is 7.58. The van der Waals surface area contributed by atoms with Crippen molar-refractivity contribution in [2.75, 3.05) is 47.0 Å². The predicted octanol–water partition coefficient (Wildman–Crippen LogP) is 11.9. The summed E-state index contributed by atoms with van der Waals surface area (Å²) in [5.74, 6) is -1.70. The van der Waals surface area contributed by atoms with Gasteiger partial charge in [0.2, 0.25) is 0 Å². The second-order valence-electron chi connectivity index (χ2n) is 18.9. The third kappa shape index (κ3) is 34.8. The Labute approximate surface area is 380 Å². The second-order valence-corrected chi connectivity index (χ2v) is 18.9. The number of unbranched alkanes of at least 4 members (excludes halogenated alkanes) is 16. The average molecular weight is 881 g/mol. The minimum atomic E-state index is -1.31. The highest BCUT2D eigenvalue weighted by Crippen LogP contribution is 2.26. The summed E-state index contributed by atoms with van der Waals surface area (Å²) in [6.45, 7) is 13.4. The molecular weight excluding hydrogens is 785 g/mol. The lowest BCUT2D eigenvalue weighted by Gasteiger charge is -2.32. The molecule has 3 atom stereocenters. The maximum absolute atomic E-state index is 13.6. The van der Waals surface area contributed by atoms with Crippen LogP contribution in [0.1, 0.15) is 228 Å². The first kappa shape index (κ1) is 59.3. The predicted molar refractivity (Wildman–Crippen MR) is 252 cm³/mol. The molecule has 0 aliphatic rings. The van der Waals surface area contributed by atoms with Crippen molar-refractivity contribution in [3.05, 3.63) is 0 Å². The van der Waals surface area contributed by atoms with E-state index in [2.05, 4.69) is 33.0 Å². The van der Waals surface area contributed by atoms with Crippen molar-refractivity contribution in [1.29, 1.82) is 0 Å². The van der Waals surface area contributed by atoms with Crippen molar-refractivity contribution >= 4 is 29.8 Å². The highest BCUT2D eigenvalue weighted by atomic mass is 16.6. The fourth-order valence-electron chi connectivity index (χ4n) is 7.58. The average Bonchev–Trinajstić information content (AvgIpc) is 3.24.